The van der Waals surface area contributed by atoms with Crippen LogP contribution in [-0.4, -0.2) is 36.4 Å². The van der Waals surface area contributed by atoms with Gasteiger partial charge in [0.2, 0.25) is 0 Å². The molecule has 2 aromatic rings. The number of benzene rings is 2. The number of ether oxygens (including phenoxy) is 2. The van der Waals surface area contributed by atoms with Gasteiger partial charge in [-0.05, 0) is 29.7 Å². The number of nitrogens with zero attached hydrogens (tertiary/aromatic N) is 1. The van der Waals surface area contributed by atoms with Gasteiger partial charge in [0.15, 0.2) is 0 Å². The molecule has 0 fully saturated rings. The van der Waals surface area contributed by atoms with E-state index in [9.17, 15) is 4.79 Å². The third-order valence-electron chi connectivity index (χ3n) is 3.58. The van der Waals surface area contributed by atoms with Gasteiger partial charge in [-0.25, -0.2) is 4.79 Å². The fourth-order valence-electron chi connectivity index (χ4n) is 2.26. The first-order valence-electron chi connectivity index (χ1n) is 7.92. The van der Waals surface area contributed by atoms with Gasteiger partial charge in [-0.1, -0.05) is 42.5 Å². The summed E-state index contributed by atoms with van der Waals surface area (Å²) in [5.74, 6) is 0.771. The number of amides is 1. The molecule has 0 aromatic heterocycles. The van der Waals surface area contributed by atoms with Crippen molar-refractivity contribution in [2.45, 2.75) is 19.6 Å². The monoisotopic (exact) mass is 329 g/mol. The molecule has 0 atom stereocenters. The third kappa shape index (κ3) is 5.59. The van der Waals surface area contributed by atoms with Gasteiger partial charge in [0.25, 0.3) is 0 Å². The van der Waals surface area contributed by atoms with E-state index in [1.54, 1.807) is 12.0 Å². The maximum atomic E-state index is 12.3. The third-order valence-corrected chi connectivity index (χ3v) is 3.58. The standard InChI is InChI=1S/C19H23NO4/c1-23-18-10-8-16(9-11-18)14-20(12-5-13-21)19(22)24-15-17-6-3-2-4-7-17/h2-4,6-11,21H,5,12-15H2,1H3. The molecule has 0 aliphatic carbocycles. The van der Waals surface area contributed by atoms with E-state index in [2.05, 4.69) is 0 Å². The quantitative estimate of drug-likeness (QED) is 0.808. The molecule has 128 valence electrons. The highest BCUT2D eigenvalue weighted by atomic mass is 16.6. The number of aliphatic hydroxyl groups is 1. The molecule has 24 heavy (non-hydrogen) atoms. The minimum absolute atomic E-state index is 0.0328. The lowest BCUT2D eigenvalue weighted by atomic mass is 10.2. The van der Waals surface area contributed by atoms with Crippen LogP contribution in [0.3, 0.4) is 0 Å². The first-order valence-corrected chi connectivity index (χ1v) is 7.92. The molecular formula is C19H23NO4. The van der Waals surface area contributed by atoms with Gasteiger partial charge in [-0.2, -0.15) is 0 Å². The lowest BCUT2D eigenvalue weighted by Gasteiger charge is -2.22. The van der Waals surface area contributed by atoms with Crippen LogP contribution in [0.1, 0.15) is 17.5 Å². The van der Waals surface area contributed by atoms with Crippen molar-refractivity contribution < 1.29 is 19.4 Å². The maximum absolute atomic E-state index is 12.3. The molecular weight excluding hydrogens is 306 g/mol. The second kappa shape index (κ2) is 9.57. The smallest absolute Gasteiger partial charge is 0.410 e. The molecule has 2 rings (SSSR count). The summed E-state index contributed by atoms with van der Waals surface area (Å²) in [6.45, 7) is 1.14. The molecule has 0 radical (unpaired) electrons. The summed E-state index contributed by atoms with van der Waals surface area (Å²) in [6.07, 6.45) is 0.125. The molecule has 0 saturated heterocycles. The average molecular weight is 329 g/mol. The van der Waals surface area contributed by atoms with Gasteiger partial charge in [-0.3, -0.25) is 0 Å². The average Bonchev–Trinajstić information content (AvgIpc) is 2.64. The summed E-state index contributed by atoms with van der Waals surface area (Å²) in [6, 6.07) is 17.1. The molecule has 0 spiro atoms. The van der Waals surface area contributed by atoms with Crippen LogP contribution < -0.4 is 4.74 Å². The first kappa shape index (κ1) is 17.8. The molecule has 1 amide bonds. The predicted molar refractivity (Wildman–Crippen MR) is 91.7 cm³/mol. The van der Waals surface area contributed by atoms with Crippen molar-refractivity contribution in [2.75, 3.05) is 20.3 Å². The first-order chi connectivity index (χ1) is 11.7. The van der Waals surface area contributed by atoms with Gasteiger partial charge in [0.1, 0.15) is 12.4 Å². The second-order valence-corrected chi connectivity index (χ2v) is 5.39. The predicted octanol–water partition coefficient (Wildman–Crippen LogP) is 3.22. The Bertz CT molecular complexity index is 613. The van der Waals surface area contributed by atoms with E-state index in [1.807, 2.05) is 54.6 Å². The Balaban J connectivity index is 1.96. The Labute approximate surface area is 142 Å². The van der Waals surface area contributed by atoms with E-state index in [-0.39, 0.29) is 19.3 Å². The minimum Gasteiger partial charge on any atom is -0.497 e. The van der Waals surface area contributed by atoms with Crippen LogP contribution >= 0.6 is 0 Å². The zero-order valence-electron chi connectivity index (χ0n) is 13.9. The normalized spacial score (nSPS) is 10.2. The SMILES string of the molecule is COc1ccc(CN(CCCO)C(=O)OCc2ccccc2)cc1. The second-order valence-electron chi connectivity index (χ2n) is 5.39. The number of methoxy groups -OCH3 is 1. The van der Waals surface area contributed by atoms with Crippen LogP contribution in [0.15, 0.2) is 54.6 Å². The van der Waals surface area contributed by atoms with Crippen molar-refractivity contribution in [3.05, 3.63) is 65.7 Å². The summed E-state index contributed by atoms with van der Waals surface area (Å²) in [7, 11) is 1.61. The Morgan fingerprint density at radius 3 is 2.38 bits per heavy atom. The zero-order valence-corrected chi connectivity index (χ0v) is 13.9. The Morgan fingerprint density at radius 2 is 1.75 bits per heavy atom. The maximum Gasteiger partial charge on any atom is 0.410 e. The van der Waals surface area contributed by atoms with Crippen LogP contribution in [-0.2, 0) is 17.9 Å². The fourth-order valence-corrected chi connectivity index (χ4v) is 2.26. The zero-order chi connectivity index (χ0) is 17.2. The summed E-state index contributed by atoms with van der Waals surface area (Å²) in [5, 5.41) is 9.04. The van der Waals surface area contributed by atoms with Gasteiger partial charge in [0.05, 0.1) is 7.11 Å². The number of hydrogen-bond donors (Lipinski definition) is 1. The van der Waals surface area contributed by atoms with Gasteiger partial charge >= 0.3 is 6.09 Å². The summed E-state index contributed by atoms with van der Waals surface area (Å²) in [5.41, 5.74) is 1.92. The number of hydrogen-bond acceptors (Lipinski definition) is 4. The van der Waals surface area contributed by atoms with E-state index in [0.29, 0.717) is 19.5 Å². The van der Waals surface area contributed by atoms with Crippen LogP contribution in [0.4, 0.5) is 4.79 Å². The van der Waals surface area contributed by atoms with Crippen molar-refractivity contribution in [3.63, 3.8) is 0 Å². The Morgan fingerprint density at radius 1 is 1.04 bits per heavy atom. The topological polar surface area (TPSA) is 59.0 Å². The van der Waals surface area contributed by atoms with Crippen LogP contribution in [0, 0.1) is 0 Å². The molecule has 0 saturated carbocycles. The highest BCUT2D eigenvalue weighted by Gasteiger charge is 2.15. The summed E-state index contributed by atoms with van der Waals surface area (Å²) in [4.78, 5) is 13.9. The molecule has 1 N–H and O–H groups in total. The van der Waals surface area contributed by atoms with E-state index in [4.69, 9.17) is 14.6 Å². The van der Waals surface area contributed by atoms with E-state index in [1.165, 1.54) is 0 Å². The van der Waals surface area contributed by atoms with Crippen molar-refractivity contribution in [1.29, 1.82) is 0 Å². The number of carbonyl (C=O) groups excluding carboxylic acids is 1. The van der Waals surface area contributed by atoms with Crippen LogP contribution in [0.2, 0.25) is 0 Å². The number of carbonyl (C=O) groups is 1. The molecule has 5 nitrogen and oxygen atoms in total. The summed E-state index contributed by atoms with van der Waals surface area (Å²) >= 11 is 0. The van der Waals surface area contributed by atoms with Gasteiger partial charge in [-0.15, -0.1) is 0 Å². The largest absolute Gasteiger partial charge is 0.497 e. The van der Waals surface area contributed by atoms with E-state index in [0.717, 1.165) is 16.9 Å². The summed E-state index contributed by atoms with van der Waals surface area (Å²) < 4.78 is 10.5. The molecule has 0 aliphatic rings. The van der Waals surface area contributed by atoms with Gasteiger partial charge < -0.3 is 19.5 Å². The fraction of sp³-hybridized carbons (Fsp3) is 0.316. The Hall–Kier alpha value is -2.53. The molecule has 2 aromatic carbocycles. The minimum atomic E-state index is -0.386. The Kier molecular flexibility index (Phi) is 7.11. The van der Waals surface area contributed by atoms with Crippen molar-refractivity contribution >= 4 is 6.09 Å². The van der Waals surface area contributed by atoms with E-state index < -0.39 is 0 Å². The number of aliphatic hydroxyl groups excluding tert-OH is 1. The molecule has 0 bridgehead atoms. The lowest BCUT2D eigenvalue weighted by Crippen LogP contribution is -2.32. The molecule has 5 heteroatoms. The molecule has 0 aliphatic heterocycles. The van der Waals surface area contributed by atoms with Crippen molar-refractivity contribution in [2.24, 2.45) is 0 Å². The molecule has 0 unspecified atom stereocenters. The van der Waals surface area contributed by atoms with Crippen LogP contribution in [0.25, 0.3) is 0 Å². The van der Waals surface area contributed by atoms with E-state index >= 15 is 0 Å². The lowest BCUT2D eigenvalue weighted by molar-refractivity contribution is 0.0910. The highest BCUT2D eigenvalue weighted by Crippen LogP contribution is 2.14. The number of rotatable bonds is 8. The molecule has 0 heterocycles. The van der Waals surface area contributed by atoms with Crippen LogP contribution in [0.5, 0.6) is 5.75 Å². The highest BCUT2D eigenvalue weighted by molar-refractivity contribution is 5.67. The van der Waals surface area contributed by atoms with Gasteiger partial charge in [0, 0.05) is 19.7 Å². The van der Waals surface area contributed by atoms with Crippen molar-refractivity contribution in [3.8, 4) is 5.75 Å². The van der Waals surface area contributed by atoms with Crippen molar-refractivity contribution in [1.82, 2.24) is 4.90 Å².